The lowest BCUT2D eigenvalue weighted by molar-refractivity contribution is -0.124. The number of amides is 2. The van der Waals surface area contributed by atoms with Crippen LogP contribution in [-0.2, 0) is 9.59 Å². The van der Waals surface area contributed by atoms with E-state index in [9.17, 15) is 14.4 Å². The predicted molar refractivity (Wildman–Crippen MR) is 78.2 cm³/mol. The van der Waals surface area contributed by atoms with Crippen molar-refractivity contribution in [3.8, 4) is 5.75 Å². The van der Waals surface area contributed by atoms with Gasteiger partial charge >= 0.3 is 0 Å². The van der Waals surface area contributed by atoms with Crippen molar-refractivity contribution in [2.75, 3.05) is 7.11 Å². The number of nitrogens with one attached hydrogen (secondary N) is 1. The van der Waals surface area contributed by atoms with Crippen molar-refractivity contribution in [2.45, 2.75) is 12.5 Å². The topological polar surface area (TPSA) is 102 Å². The molecule has 114 valence electrons. The minimum atomic E-state index is -1.12. The number of hydrogen-bond donors (Lipinski definition) is 2. The van der Waals surface area contributed by atoms with Gasteiger partial charge in [0.2, 0.25) is 0 Å². The lowest BCUT2D eigenvalue weighted by Gasteiger charge is -2.30. The van der Waals surface area contributed by atoms with Gasteiger partial charge in [-0.3, -0.25) is 19.9 Å². The van der Waals surface area contributed by atoms with Crippen molar-refractivity contribution in [3.63, 3.8) is 0 Å². The minimum absolute atomic E-state index is 0.133. The average molecular weight is 301 g/mol. The van der Waals surface area contributed by atoms with E-state index in [4.69, 9.17) is 10.6 Å². The Balaban J connectivity index is 2.46. The fraction of sp³-hybridized carbons (Fsp3) is 0.200. The Kier molecular flexibility index (Phi) is 4.73. The summed E-state index contributed by atoms with van der Waals surface area (Å²) in [7, 11) is 1.44. The fourth-order valence-electron chi connectivity index (χ4n) is 2.27. The van der Waals surface area contributed by atoms with Gasteiger partial charge in [-0.05, 0) is 12.1 Å². The van der Waals surface area contributed by atoms with Crippen molar-refractivity contribution in [2.24, 2.45) is 5.84 Å². The van der Waals surface area contributed by atoms with Gasteiger partial charge in [0, 0.05) is 18.2 Å². The summed E-state index contributed by atoms with van der Waals surface area (Å²) in [6, 6.07) is 5.49. The number of hydrazine groups is 1. The Labute approximate surface area is 127 Å². The summed E-state index contributed by atoms with van der Waals surface area (Å²) >= 11 is 0. The number of benzene rings is 1. The molecule has 0 bridgehead atoms. The summed E-state index contributed by atoms with van der Waals surface area (Å²) in [5.74, 6) is 6.09. The molecule has 0 saturated heterocycles. The normalized spacial score (nSPS) is 16.9. The van der Waals surface area contributed by atoms with Crippen molar-refractivity contribution >= 4 is 17.8 Å². The Bertz CT molecular complexity index is 677. The van der Waals surface area contributed by atoms with E-state index >= 15 is 0 Å². The maximum atomic E-state index is 12.7. The van der Waals surface area contributed by atoms with Crippen molar-refractivity contribution in [1.29, 1.82) is 0 Å². The molecule has 0 radical (unpaired) electrons. The highest BCUT2D eigenvalue weighted by Crippen LogP contribution is 2.25. The summed E-state index contributed by atoms with van der Waals surface area (Å²) < 4.78 is 5.15. The largest absolute Gasteiger partial charge is 0.496 e. The van der Waals surface area contributed by atoms with Gasteiger partial charge in [0.1, 0.15) is 17.7 Å². The van der Waals surface area contributed by atoms with Gasteiger partial charge in [-0.2, -0.15) is 0 Å². The monoisotopic (exact) mass is 301 g/mol. The standard InChI is InChI=1S/C15H15N3O4/c1-22-12-7-3-2-6-11(12)15(21)18-8-4-5-10(9-19)13(18)14(20)17-16/h2-4,6-8,13H,5,16H2,1H3,(H,17,20). The van der Waals surface area contributed by atoms with Gasteiger partial charge in [0.25, 0.3) is 11.8 Å². The second kappa shape index (κ2) is 6.71. The number of rotatable bonds is 3. The summed E-state index contributed by atoms with van der Waals surface area (Å²) in [4.78, 5) is 36.8. The van der Waals surface area contributed by atoms with E-state index in [0.717, 1.165) is 4.90 Å². The molecule has 0 fully saturated rings. The van der Waals surface area contributed by atoms with Gasteiger partial charge in [0.15, 0.2) is 0 Å². The molecule has 1 unspecified atom stereocenters. The van der Waals surface area contributed by atoms with Gasteiger partial charge < -0.3 is 4.74 Å². The van der Waals surface area contributed by atoms with Gasteiger partial charge in [-0.25, -0.2) is 10.6 Å². The molecule has 1 heterocycles. The van der Waals surface area contributed by atoms with E-state index in [2.05, 4.69) is 0 Å². The molecule has 2 amide bonds. The molecular weight excluding hydrogens is 286 g/mol. The van der Waals surface area contributed by atoms with Crippen LogP contribution in [0.4, 0.5) is 0 Å². The number of para-hydroxylation sites is 1. The van der Waals surface area contributed by atoms with E-state index in [-0.39, 0.29) is 17.6 Å². The van der Waals surface area contributed by atoms with Crippen LogP contribution in [0.2, 0.25) is 0 Å². The van der Waals surface area contributed by atoms with Crippen molar-refractivity contribution in [3.05, 3.63) is 47.7 Å². The molecule has 1 aromatic rings. The minimum Gasteiger partial charge on any atom is -0.496 e. The zero-order valence-electron chi connectivity index (χ0n) is 11.9. The first-order chi connectivity index (χ1) is 10.6. The van der Waals surface area contributed by atoms with Crippen LogP contribution < -0.4 is 16.0 Å². The molecule has 0 aromatic heterocycles. The molecule has 3 N–H and O–H groups in total. The molecule has 1 atom stereocenters. The SMILES string of the molecule is COc1ccccc1C(=O)N1C=CCC(=C=O)C1C(=O)NN. The second-order valence-corrected chi connectivity index (χ2v) is 4.54. The van der Waals surface area contributed by atoms with E-state index < -0.39 is 17.9 Å². The Morgan fingerprint density at radius 3 is 2.77 bits per heavy atom. The quantitative estimate of drug-likeness (QED) is 0.359. The fourth-order valence-corrected chi connectivity index (χ4v) is 2.27. The summed E-state index contributed by atoms with van der Waals surface area (Å²) in [5, 5.41) is 0. The first kappa shape index (κ1) is 15.5. The average Bonchev–Trinajstić information content (AvgIpc) is 2.59. The zero-order valence-corrected chi connectivity index (χ0v) is 11.9. The summed E-state index contributed by atoms with van der Waals surface area (Å²) in [6.45, 7) is 0. The third-order valence-electron chi connectivity index (χ3n) is 3.31. The van der Waals surface area contributed by atoms with Crippen LogP contribution in [0.25, 0.3) is 0 Å². The highest BCUT2D eigenvalue weighted by Gasteiger charge is 2.35. The van der Waals surface area contributed by atoms with Crippen molar-refractivity contribution in [1.82, 2.24) is 10.3 Å². The molecule has 1 aromatic carbocycles. The molecule has 1 aliphatic rings. The summed E-state index contributed by atoms with van der Waals surface area (Å²) in [6.07, 6.45) is 3.29. The molecule has 22 heavy (non-hydrogen) atoms. The lowest BCUT2D eigenvalue weighted by atomic mass is 9.98. The number of carbonyl (C=O) groups excluding carboxylic acids is 3. The van der Waals surface area contributed by atoms with Crippen LogP contribution in [0.15, 0.2) is 42.1 Å². The van der Waals surface area contributed by atoms with Crippen LogP contribution >= 0.6 is 0 Å². The van der Waals surface area contributed by atoms with Crippen molar-refractivity contribution < 1.29 is 19.1 Å². The number of nitrogens with two attached hydrogens (primary N) is 1. The van der Waals surface area contributed by atoms with Crippen LogP contribution in [0.3, 0.4) is 0 Å². The van der Waals surface area contributed by atoms with Gasteiger partial charge in [-0.1, -0.05) is 18.2 Å². The number of nitrogens with zero attached hydrogens (tertiary/aromatic N) is 1. The molecular formula is C15H15N3O4. The Morgan fingerprint density at radius 2 is 2.14 bits per heavy atom. The third kappa shape index (κ3) is 2.76. The summed E-state index contributed by atoms with van der Waals surface area (Å²) in [5.41, 5.74) is 2.37. The molecule has 2 rings (SSSR count). The first-order valence-electron chi connectivity index (χ1n) is 6.50. The number of ether oxygens (including phenoxy) is 1. The molecule has 7 nitrogen and oxygen atoms in total. The predicted octanol–water partition coefficient (Wildman–Crippen LogP) is 0.171. The number of carbonyl (C=O) groups is 2. The highest BCUT2D eigenvalue weighted by atomic mass is 16.5. The highest BCUT2D eigenvalue weighted by molar-refractivity contribution is 6.02. The van der Waals surface area contributed by atoms with Gasteiger partial charge in [-0.15, -0.1) is 0 Å². The number of methoxy groups -OCH3 is 1. The van der Waals surface area contributed by atoms with Crippen LogP contribution in [0.5, 0.6) is 5.75 Å². The lowest BCUT2D eigenvalue weighted by Crippen LogP contribution is -2.51. The smallest absolute Gasteiger partial charge is 0.262 e. The second-order valence-electron chi connectivity index (χ2n) is 4.54. The molecule has 0 saturated carbocycles. The van der Waals surface area contributed by atoms with E-state index in [1.54, 1.807) is 36.3 Å². The van der Waals surface area contributed by atoms with E-state index in [1.165, 1.54) is 13.3 Å². The Morgan fingerprint density at radius 1 is 1.41 bits per heavy atom. The number of hydrogen-bond acceptors (Lipinski definition) is 5. The number of allylic oxidation sites excluding steroid dienone is 1. The third-order valence-corrected chi connectivity index (χ3v) is 3.31. The molecule has 0 spiro atoms. The maximum Gasteiger partial charge on any atom is 0.262 e. The first-order valence-corrected chi connectivity index (χ1v) is 6.50. The maximum absolute atomic E-state index is 12.7. The van der Waals surface area contributed by atoms with Crippen LogP contribution in [0, 0.1) is 0 Å². The van der Waals surface area contributed by atoms with E-state index in [0.29, 0.717) is 5.75 Å². The molecule has 1 aliphatic heterocycles. The zero-order chi connectivity index (χ0) is 16.1. The molecule has 7 heteroatoms. The Hall–Kier alpha value is -2.89. The van der Waals surface area contributed by atoms with Crippen LogP contribution in [0.1, 0.15) is 16.8 Å². The van der Waals surface area contributed by atoms with E-state index in [1.807, 2.05) is 5.43 Å². The van der Waals surface area contributed by atoms with Crippen LogP contribution in [-0.4, -0.2) is 35.8 Å². The molecule has 0 aliphatic carbocycles. The van der Waals surface area contributed by atoms with Gasteiger partial charge in [0.05, 0.1) is 12.7 Å².